The van der Waals surface area contributed by atoms with Crippen LogP contribution in [0.4, 0.5) is 13.6 Å². The summed E-state index contributed by atoms with van der Waals surface area (Å²) in [5.41, 5.74) is 5.74. The molecule has 244 valence electrons. The lowest BCUT2D eigenvalue weighted by atomic mass is 9.90. The molecule has 0 atom stereocenters. The van der Waals surface area contributed by atoms with E-state index in [2.05, 4.69) is 10.00 Å². The molecule has 9 nitrogen and oxygen atoms in total. The maximum atomic E-state index is 14.2. The van der Waals surface area contributed by atoms with Gasteiger partial charge in [0.05, 0.1) is 35.0 Å². The minimum absolute atomic E-state index is 0.00823. The second-order valence-corrected chi connectivity index (χ2v) is 13.6. The molecule has 47 heavy (non-hydrogen) atoms. The number of carbonyl (C=O) groups is 2. The second-order valence-electron chi connectivity index (χ2n) is 12.2. The van der Waals surface area contributed by atoms with Gasteiger partial charge >= 0.3 is 18.6 Å². The number of nitrogens with zero attached hydrogens (tertiary/aromatic N) is 5. The molecule has 0 radical (unpaired) electrons. The topological polar surface area (TPSA) is 101 Å². The fourth-order valence-corrected chi connectivity index (χ4v) is 8.17. The van der Waals surface area contributed by atoms with Gasteiger partial charge in [0.25, 0.3) is 0 Å². The van der Waals surface area contributed by atoms with E-state index < -0.39 is 12.5 Å². The number of carboxylic acids is 1. The summed E-state index contributed by atoms with van der Waals surface area (Å²) in [4.78, 5) is 32.6. The van der Waals surface area contributed by atoms with Gasteiger partial charge in [-0.15, -0.1) is 11.3 Å². The number of hydrogen-bond donors (Lipinski definition) is 1. The number of aliphatic carboxylic acids is 1. The van der Waals surface area contributed by atoms with Gasteiger partial charge in [0.1, 0.15) is 5.01 Å². The number of carbonyl (C=O) groups excluding carboxylic acids is 1. The zero-order valence-electron chi connectivity index (χ0n) is 25.8. The first-order chi connectivity index (χ1) is 22.6. The Bertz CT molecular complexity index is 2000. The van der Waals surface area contributed by atoms with Crippen LogP contribution in [0.2, 0.25) is 5.02 Å². The molecule has 2 saturated heterocycles. The number of methoxy groups -OCH3 is 1. The number of ether oxygens (including phenoxy) is 1. The Balaban J connectivity index is 1.24. The van der Waals surface area contributed by atoms with E-state index in [1.54, 1.807) is 29.2 Å². The number of fused-ring (bicyclic) bond motifs is 2. The summed E-state index contributed by atoms with van der Waals surface area (Å²) in [6.07, 6.45) is 1.08. The Labute approximate surface area is 278 Å². The molecular weight excluding hydrogens is 648 g/mol. The lowest BCUT2D eigenvalue weighted by Crippen LogP contribution is -2.62. The number of likely N-dealkylation sites (tertiary alicyclic amines) is 2. The standard InChI is InChI=1S/C34H32ClF2N5O4S/c1-18-13-26-31(29(24(18)15-28(43)44)19-3-6-22(35)7-4-19)47-32(38-26)21-5-8-27-25(14-21)30(39-42(27)33(36)37)20-9-11-40(12-10-20)23-16-41(17-23)34(45)46-2/h3-8,13-14,20,23,33H,9-12,15-17H2,1-2H3,(H,43,44). The summed E-state index contributed by atoms with van der Waals surface area (Å²) in [5.74, 6) is -0.919. The van der Waals surface area contributed by atoms with Crippen LogP contribution in [0.25, 0.3) is 42.8 Å². The molecule has 3 aromatic carbocycles. The fourth-order valence-electron chi connectivity index (χ4n) is 6.91. The summed E-state index contributed by atoms with van der Waals surface area (Å²) < 4.78 is 34.8. The van der Waals surface area contributed by atoms with Crippen LogP contribution in [0.15, 0.2) is 48.5 Å². The molecule has 1 N–H and O–H groups in total. The first kappa shape index (κ1) is 31.5. The number of thiazole rings is 1. The maximum absolute atomic E-state index is 14.2. The van der Waals surface area contributed by atoms with E-state index in [1.807, 2.05) is 31.2 Å². The molecule has 1 amide bonds. The van der Waals surface area contributed by atoms with Crippen molar-refractivity contribution >= 4 is 56.1 Å². The SMILES string of the molecule is COC(=O)N1CC(N2CCC(c3nn(C(F)F)c4ccc(-c5nc6cc(C)c(CC(=O)O)c(-c7ccc(Cl)cc7)c6s5)cc34)CC2)C1. The van der Waals surface area contributed by atoms with Crippen molar-refractivity contribution in [2.24, 2.45) is 0 Å². The van der Waals surface area contributed by atoms with Gasteiger partial charge in [-0.25, -0.2) is 14.5 Å². The summed E-state index contributed by atoms with van der Waals surface area (Å²) >= 11 is 7.62. The Morgan fingerprint density at radius 3 is 2.45 bits per heavy atom. The monoisotopic (exact) mass is 679 g/mol. The van der Waals surface area contributed by atoms with Crippen LogP contribution >= 0.6 is 22.9 Å². The smallest absolute Gasteiger partial charge is 0.409 e. The Morgan fingerprint density at radius 1 is 1.09 bits per heavy atom. The minimum Gasteiger partial charge on any atom is -0.481 e. The first-order valence-corrected chi connectivity index (χ1v) is 16.6. The van der Waals surface area contributed by atoms with Gasteiger partial charge in [-0.1, -0.05) is 23.7 Å². The van der Waals surface area contributed by atoms with E-state index in [9.17, 15) is 23.5 Å². The Hall–Kier alpha value is -4.13. The molecule has 0 aliphatic carbocycles. The van der Waals surface area contributed by atoms with Crippen molar-refractivity contribution in [1.29, 1.82) is 0 Å². The molecule has 4 heterocycles. The number of carboxylic acid groups (broad SMARTS) is 1. The molecule has 13 heteroatoms. The first-order valence-electron chi connectivity index (χ1n) is 15.4. The van der Waals surface area contributed by atoms with E-state index >= 15 is 0 Å². The zero-order valence-corrected chi connectivity index (χ0v) is 27.3. The van der Waals surface area contributed by atoms with Crippen molar-refractivity contribution in [1.82, 2.24) is 24.6 Å². The highest BCUT2D eigenvalue weighted by Crippen LogP contribution is 2.43. The number of aromatic nitrogens is 3. The highest BCUT2D eigenvalue weighted by Gasteiger charge is 2.38. The molecule has 2 aliphatic heterocycles. The van der Waals surface area contributed by atoms with Crippen molar-refractivity contribution in [2.75, 3.05) is 33.3 Å². The minimum atomic E-state index is -2.78. The summed E-state index contributed by atoms with van der Waals surface area (Å²) in [6, 6.07) is 14.9. The van der Waals surface area contributed by atoms with Gasteiger partial charge in [0.15, 0.2) is 0 Å². The number of halogens is 3. The van der Waals surface area contributed by atoms with Crippen molar-refractivity contribution in [3.8, 4) is 21.7 Å². The molecule has 2 aliphatic rings. The van der Waals surface area contributed by atoms with Crippen molar-refractivity contribution in [3.63, 3.8) is 0 Å². The Kier molecular flexibility index (Phi) is 8.35. The highest BCUT2D eigenvalue weighted by atomic mass is 35.5. The van der Waals surface area contributed by atoms with E-state index in [-0.39, 0.29) is 24.5 Å². The maximum Gasteiger partial charge on any atom is 0.409 e. The molecule has 0 saturated carbocycles. The molecule has 2 aromatic heterocycles. The molecular formula is C34H32ClF2N5O4S. The van der Waals surface area contributed by atoms with Crippen molar-refractivity contribution in [2.45, 2.75) is 44.7 Å². The van der Waals surface area contributed by atoms with Gasteiger partial charge < -0.3 is 14.7 Å². The third-order valence-corrected chi connectivity index (χ3v) is 10.8. The largest absolute Gasteiger partial charge is 0.481 e. The summed E-state index contributed by atoms with van der Waals surface area (Å²) in [7, 11) is 1.38. The van der Waals surface area contributed by atoms with Crippen LogP contribution in [0.5, 0.6) is 0 Å². The fraction of sp³-hybridized carbons (Fsp3) is 0.353. The van der Waals surface area contributed by atoms with E-state index in [4.69, 9.17) is 21.3 Å². The second kappa shape index (κ2) is 12.5. The van der Waals surface area contributed by atoms with Crippen LogP contribution in [-0.2, 0) is 16.0 Å². The number of aryl methyl sites for hydroxylation is 1. The van der Waals surface area contributed by atoms with Gasteiger partial charge in [-0.2, -0.15) is 13.9 Å². The molecule has 0 unspecified atom stereocenters. The lowest BCUT2D eigenvalue weighted by molar-refractivity contribution is -0.136. The zero-order chi connectivity index (χ0) is 33.0. The summed E-state index contributed by atoms with van der Waals surface area (Å²) in [6.45, 7) is 1.94. The number of benzene rings is 3. The number of rotatable bonds is 7. The lowest BCUT2D eigenvalue weighted by Gasteiger charge is -2.46. The van der Waals surface area contributed by atoms with Gasteiger partial charge in [-0.05, 0) is 85.9 Å². The van der Waals surface area contributed by atoms with Gasteiger partial charge in [-0.3, -0.25) is 9.69 Å². The number of piperidine rings is 1. The molecule has 0 bridgehead atoms. The third kappa shape index (κ3) is 5.83. The third-order valence-electron chi connectivity index (χ3n) is 9.37. The van der Waals surface area contributed by atoms with Gasteiger partial charge in [0, 0.05) is 46.6 Å². The van der Waals surface area contributed by atoms with Crippen LogP contribution in [0.3, 0.4) is 0 Å². The van der Waals surface area contributed by atoms with Crippen molar-refractivity contribution in [3.05, 3.63) is 70.4 Å². The molecule has 2 fully saturated rings. The molecule has 5 aromatic rings. The van der Waals surface area contributed by atoms with E-state index in [0.717, 1.165) is 63.1 Å². The molecule has 0 spiro atoms. The van der Waals surface area contributed by atoms with Gasteiger partial charge in [0.2, 0.25) is 0 Å². The number of alkyl halides is 2. The normalized spacial score (nSPS) is 16.3. The number of hydrogen-bond acceptors (Lipinski definition) is 7. The average Bonchev–Trinajstić information content (AvgIpc) is 3.63. The molecule has 7 rings (SSSR count). The van der Waals surface area contributed by atoms with Crippen LogP contribution in [0, 0.1) is 6.92 Å². The van der Waals surface area contributed by atoms with E-state index in [1.165, 1.54) is 18.4 Å². The highest BCUT2D eigenvalue weighted by molar-refractivity contribution is 7.22. The Morgan fingerprint density at radius 2 is 1.79 bits per heavy atom. The number of amides is 1. The van der Waals surface area contributed by atoms with Crippen LogP contribution < -0.4 is 0 Å². The quantitative estimate of drug-likeness (QED) is 0.189. The average molecular weight is 680 g/mol. The van der Waals surface area contributed by atoms with Crippen molar-refractivity contribution < 1.29 is 28.2 Å². The predicted octanol–water partition coefficient (Wildman–Crippen LogP) is 7.59. The van der Waals surface area contributed by atoms with Crippen LogP contribution in [-0.4, -0.2) is 81.1 Å². The predicted molar refractivity (Wildman–Crippen MR) is 177 cm³/mol. The van der Waals surface area contributed by atoms with E-state index in [0.29, 0.717) is 45.3 Å². The van der Waals surface area contributed by atoms with Crippen LogP contribution in [0.1, 0.15) is 42.1 Å². The summed E-state index contributed by atoms with van der Waals surface area (Å²) in [5, 5.41) is 16.1.